The molecule has 0 heterocycles. The van der Waals surface area contributed by atoms with Crippen LogP contribution in [0.1, 0.15) is 80.1 Å². The van der Waals surface area contributed by atoms with E-state index in [0.717, 1.165) is 19.3 Å². The molecule has 0 saturated carbocycles. The van der Waals surface area contributed by atoms with Gasteiger partial charge in [0, 0.05) is 12.6 Å². The Kier molecular flexibility index (Phi) is 8.86. The fraction of sp³-hybridized carbons (Fsp3) is 0.938. The smallest absolute Gasteiger partial charge is 0.410 e. The zero-order chi connectivity index (χ0) is 14.9. The number of rotatable bonds is 9. The first-order chi connectivity index (χ1) is 8.87. The first-order valence-electron chi connectivity index (χ1n) is 7.87. The van der Waals surface area contributed by atoms with Gasteiger partial charge in [0.05, 0.1) is 0 Å². The molecule has 1 atom stereocenters. The standard InChI is InChI=1S/C16H33NO2/c1-7-10-11-12-13-16(5,6)19-15(18)17(9-3)14(4)8-2/h14H,7-13H2,1-6H3. The number of carbonyl (C=O) groups is 1. The Labute approximate surface area is 119 Å². The third kappa shape index (κ3) is 7.44. The highest BCUT2D eigenvalue weighted by Crippen LogP contribution is 2.21. The van der Waals surface area contributed by atoms with Crippen molar-refractivity contribution in [3.63, 3.8) is 0 Å². The summed E-state index contributed by atoms with van der Waals surface area (Å²) in [5.41, 5.74) is -0.355. The molecule has 0 radical (unpaired) electrons. The Bertz CT molecular complexity index is 251. The van der Waals surface area contributed by atoms with Gasteiger partial charge in [-0.15, -0.1) is 0 Å². The van der Waals surface area contributed by atoms with Crippen molar-refractivity contribution in [1.82, 2.24) is 4.90 Å². The van der Waals surface area contributed by atoms with Gasteiger partial charge in [-0.25, -0.2) is 4.79 Å². The Morgan fingerprint density at radius 3 is 2.26 bits per heavy atom. The molecule has 0 aromatic carbocycles. The molecule has 0 aromatic rings. The molecule has 0 spiro atoms. The van der Waals surface area contributed by atoms with Gasteiger partial charge in [-0.2, -0.15) is 0 Å². The highest BCUT2D eigenvalue weighted by atomic mass is 16.6. The summed E-state index contributed by atoms with van der Waals surface area (Å²) in [6.07, 6.45) is 6.58. The van der Waals surface area contributed by atoms with Gasteiger partial charge in [0.2, 0.25) is 0 Å². The Hall–Kier alpha value is -0.730. The second kappa shape index (κ2) is 9.22. The van der Waals surface area contributed by atoms with Crippen molar-refractivity contribution in [1.29, 1.82) is 0 Å². The first kappa shape index (κ1) is 18.3. The summed E-state index contributed by atoms with van der Waals surface area (Å²) in [7, 11) is 0. The predicted octanol–water partition coefficient (Wildman–Crippen LogP) is 4.99. The van der Waals surface area contributed by atoms with E-state index in [4.69, 9.17) is 4.74 Å². The van der Waals surface area contributed by atoms with Crippen LogP contribution in [0.4, 0.5) is 4.79 Å². The largest absolute Gasteiger partial charge is 0.443 e. The Balaban J connectivity index is 4.26. The van der Waals surface area contributed by atoms with Gasteiger partial charge in [0.1, 0.15) is 5.60 Å². The van der Waals surface area contributed by atoms with E-state index in [1.807, 2.05) is 25.7 Å². The fourth-order valence-corrected chi connectivity index (χ4v) is 2.16. The molecule has 0 fully saturated rings. The summed E-state index contributed by atoms with van der Waals surface area (Å²) in [4.78, 5) is 14.0. The summed E-state index contributed by atoms with van der Waals surface area (Å²) in [6.45, 7) is 13.1. The summed E-state index contributed by atoms with van der Waals surface area (Å²) >= 11 is 0. The van der Waals surface area contributed by atoms with E-state index in [0.29, 0.717) is 6.54 Å². The van der Waals surface area contributed by atoms with Crippen LogP contribution in [0.3, 0.4) is 0 Å². The van der Waals surface area contributed by atoms with Gasteiger partial charge in [-0.1, -0.05) is 33.1 Å². The molecule has 0 N–H and O–H groups in total. The lowest BCUT2D eigenvalue weighted by Gasteiger charge is -2.32. The van der Waals surface area contributed by atoms with Crippen LogP contribution in [0.15, 0.2) is 0 Å². The average molecular weight is 271 g/mol. The molecular formula is C16H33NO2. The number of unbranched alkanes of at least 4 members (excludes halogenated alkanes) is 3. The maximum absolute atomic E-state index is 12.2. The molecule has 0 aliphatic heterocycles. The third-order valence-electron chi connectivity index (χ3n) is 3.69. The van der Waals surface area contributed by atoms with Crippen LogP contribution in [-0.4, -0.2) is 29.2 Å². The monoisotopic (exact) mass is 271 g/mol. The summed E-state index contributed by atoms with van der Waals surface area (Å²) in [5, 5.41) is 0. The van der Waals surface area contributed by atoms with Crippen molar-refractivity contribution in [2.45, 2.75) is 91.7 Å². The fourth-order valence-electron chi connectivity index (χ4n) is 2.16. The van der Waals surface area contributed by atoms with Crippen LogP contribution < -0.4 is 0 Å². The predicted molar refractivity (Wildman–Crippen MR) is 81.5 cm³/mol. The van der Waals surface area contributed by atoms with Gasteiger partial charge in [-0.05, 0) is 47.0 Å². The van der Waals surface area contributed by atoms with Gasteiger partial charge >= 0.3 is 6.09 Å². The van der Waals surface area contributed by atoms with Crippen molar-refractivity contribution in [3.05, 3.63) is 0 Å². The van der Waals surface area contributed by atoms with Crippen LogP contribution in [-0.2, 0) is 4.74 Å². The van der Waals surface area contributed by atoms with Crippen molar-refractivity contribution in [3.8, 4) is 0 Å². The lowest BCUT2D eigenvalue weighted by molar-refractivity contribution is 0.00161. The molecule has 114 valence electrons. The molecule has 0 rings (SSSR count). The molecular weight excluding hydrogens is 238 g/mol. The molecule has 19 heavy (non-hydrogen) atoms. The van der Waals surface area contributed by atoms with Gasteiger partial charge in [-0.3, -0.25) is 0 Å². The van der Waals surface area contributed by atoms with Gasteiger partial charge < -0.3 is 9.64 Å². The minimum Gasteiger partial charge on any atom is -0.443 e. The maximum Gasteiger partial charge on any atom is 0.410 e. The number of hydrogen-bond acceptors (Lipinski definition) is 2. The molecule has 3 heteroatoms. The van der Waals surface area contributed by atoms with Crippen LogP contribution in [0.2, 0.25) is 0 Å². The second-order valence-corrected chi connectivity index (χ2v) is 5.98. The second-order valence-electron chi connectivity index (χ2n) is 5.98. The SMILES string of the molecule is CCCCCCC(C)(C)OC(=O)N(CC)C(C)CC. The zero-order valence-electron chi connectivity index (χ0n) is 13.8. The van der Waals surface area contributed by atoms with E-state index in [-0.39, 0.29) is 17.7 Å². The van der Waals surface area contributed by atoms with E-state index in [1.54, 1.807) is 0 Å². The van der Waals surface area contributed by atoms with E-state index < -0.39 is 0 Å². The number of hydrogen-bond donors (Lipinski definition) is 0. The van der Waals surface area contributed by atoms with E-state index in [2.05, 4.69) is 20.8 Å². The average Bonchev–Trinajstić information content (AvgIpc) is 2.34. The van der Waals surface area contributed by atoms with E-state index in [9.17, 15) is 4.79 Å². The Morgan fingerprint density at radius 1 is 1.16 bits per heavy atom. The molecule has 0 saturated heterocycles. The number of ether oxygens (including phenoxy) is 1. The highest BCUT2D eigenvalue weighted by Gasteiger charge is 2.27. The number of carbonyl (C=O) groups excluding carboxylic acids is 1. The molecule has 3 nitrogen and oxygen atoms in total. The Morgan fingerprint density at radius 2 is 1.79 bits per heavy atom. The lowest BCUT2D eigenvalue weighted by atomic mass is 10.00. The molecule has 0 aliphatic carbocycles. The van der Waals surface area contributed by atoms with Crippen molar-refractivity contribution in [2.24, 2.45) is 0 Å². The van der Waals surface area contributed by atoms with Crippen molar-refractivity contribution in [2.75, 3.05) is 6.54 Å². The van der Waals surface area contributed by atoms with E-state index in [1.165, 1.54) is 19.3 Å². The van der Waals surface area contributed by atoms with Gasteiger partial charge in [0.25, 0.3) is 0 Å². The van der Waals surface area contributed by atoms with Crippen molar-refractivity contribution >= 4 is 6.09 Å². The quantitative estimate of drug-likeness (QED) is 0.553. The van der Waals surface area contributed by atoms with Crippen LogP contribution in [0.5, 0.6) is 0 Å². The third-order valence-corrected chi connectivity index (χ3v) is 3.69. The zero-order valence-corrected chi connectivity index (χ0v) is 13.8. The normalized spacial score (nSPS) is 13.2. The van der Waals surface area contributed by atoms with Crippen molar-refractivity contribution < 1.29 is 9.53 Å². The molecule has 1 amide bonds. The maximum atomic E-state index is 12.2. The lowest BCUT2D eigenvalue weighted by Crippen LogP contribution is -2.42. The molecule has 0 aliphatic rings. The van der Waals surface area contributed by atoms with Crippen LogP contribution in [0, 0.1) is 0 Å². The number of nitrogens with zero attached hydrogens (tertiary/aromatic N) is 1. The van der Waals surface area contributed by atoms with Crippen LogP contribution in [0.25, 0.3) is 0 Å². The van der Waals surface area contributed by atoms with Gasteiger partial charge in [0.15, 0.2) is 0 Å². The molecule has 0 aromatic heterocycles. The highest BCUT2D eigenvalue weighted by molar-refractivity contribution is 5.68. The minimum atomic E-state index is -0.355. The van der Waals surface area contributed by atoms with Crippen LogP contribution >= 0.6 is 0 Å². The van der Waals surface area contributed by atoms with E-state index >= 15 is 0 Å². The topological polar surface area (TPSA) is 29.5 Å². The summed E-state index contributed by atoms with van der Waals surface area (Å²) in [5.74, 6) is 0. The summed E-state index contributed by atoms with van der Waals surface area (Å²) in [6, 6.07) is 0.244. The minimum absolute atomic E-state index is 0.169. The molecule has 1 unspecified atom stereocenters. The summed E-state index contributed by atoms with van der Waals surface area (Å²) < 4.78 is 5.68. The molecule has 0 bridgehead atoms. The number of amides is 1. The first-order valence-corrected chi connectivity index (χ1v) is 7.87.